The third-order valence-electron chi connectivity index (χ3n) is 2.72. The van der Waals surface area contributed by atoms with Crippen LogP contribution in [-0.4, -0.2) is 5.91 Å². The second-order valence-electron chi connectivity index (χ2n) is 4.22. The first-order valence-corrected chi connectivity index (χ1v) is 7.57. The van der Waals surface area contributed by atoms with Crippen LogP contribution in [0, 0.1) is 18.3 Å². The van der Waals surface area contributed by atoms with E-state index in [1.54, 1.807) is 18.2 Å². The second-order valence-corrected chi connectivity index (χ2v) is 6.01. The Balaban J connectivity index is 2.24. The van der Waals surface area contributed by atoms with E-state index >= 15 is 0 Å². The number of thiophene rings is 1. The largest absolute Gasteiger partial charge is 0.320 e. The number of nitrogens with zero attached hydrogens (tertiary/aromatic N) is 1. The van der Waals surface area contributed by atoms with E-state index in [9.17, 15) is 4.79 Å². The Kier molecular flexibility index (Phi) is 5.03. The van der Waals surface area contributed by atoms with Gasteiger partial charge in [0.05, 0.1) is 10.7 Å². The van der Waals surface area contributed by atoms with E-state index in [4.69, 9.17) is 28.5 Å². The van der Waals surface area contributed by atoms with Gasteiger partial charge in [-0.05, 0) is 48.2 Å². The highest BCUT2D eigenvalue weighted by Crippen LogP contribution is 2.26. The number of amides is 1. The maximum atomic E-state index is 12.1. The van der Waals surface area contributed by atoms with Crippen molar-refractivity contribution in [3.8, 4) is 6.07 Å². The van der Waals surface area contributed by atoms with Crippen molar-refractivity contribution in [1.82, 2.24) is 0 Å². The molecule has 0 aliphatic heterocycles. The standard InChI is InChI=1S/C15H10Cl2N2OS/c1-9-4-5-21-14(9)6-10(8-18)15(20)19-13-3-2-11(16)7-12(13)17/h2-7H,1H3,(H,19,20)/b10-6+. The lowest BCUT2D eigenvalue weighted by Gasteiger charge is -2.06. The van der Waals surface area contributed by atoms with E-state index in [0.717, 1.165) is 10.4 Å². The Morgan fingerprint density at radius 1 is 1.38 bits per heavy atom. The number of rotatable bonds is 3. The highest BCUT2D eigenvalue weighted by Gasteiger charge is 2.12. The predicted octanol–water partition coefficient (Wildman–Crippen LogP) is 4.91. The molecule has 3 nitrogen and oxygen atoms in total. The van der Waals surface area contributed by atoms with Crippen LogP contribution in [0.25, 0.3) is 6.08 Å². The lowest BCUT2D eigenvalue weighted by atomic mass is 10.2. The van der Waals surface area contributed by atoms with Gasteiger partial charge in [0.15, 0.2) is 0 Å². The molecule has 0 fully saturated rings. The minimum atomic E-state index is -0.505. The number of carbonyl (C=O) groups excluding carboxylic acids is 1. The maximum absolute atomic E-state index is 12.1. The van der Waals surface area contributed by atoms with Crippen LogP contribution in [0.5, 0.6) is 0 Å². The smallest absolute Gasteiger partial charge is 0.266 e. The zero-order valence-corrected chi connectivity index (χ0v) is 13.3. The molecule has 0 spiro atoms. The second kappa shape index (κ2) is 6.77. The van der Waals surface area contributed by atoms with Crippen LogP contribution >= 0.6 is 34.5 Å². The van der Waals surface area contributed by atoms with Gasteiger partial charge in [0.25, 0.3) is 5.91 Å². The van der Waals surface area contributed by atoms with E-state index in [0.29, 0.717) is 15.7 Å². The normalized spacial score (nSPS) is 11.0. The van der Waals surface area contributed by atoms with Crippen molar-refractivity contribution in [2.45, 2.75) is 6.92 Å². The topological polar surface area (TPSA) is 52.9 Å². The van der Waals surface area contributed by atoms with E-state index in [2.05, 4.69) is 5.32 Å². The van der Waals surface area contributed by atoms with Crippen LogP contribution in [0.2, 0.25) is 10.0 Å². The van der Waals surface area contributed by atoms with Crippen molar-refractivity contribution in [2.75, 3.05) is 5.32 Å². The first-order chi connectivity index (χ1) is 10.0. The fourth-order valence-electron chi connectivity index (χ4n) is 1.59. The van der Waals surface area contributed by atoms with Crippen molar-refractivity contribution in [3.05, 3.63) is 55.7 Å². The Morgan fingerprint density at radius 3 is 2.71 bits per heavy atom. The lowest BCUT2D eigenvalue weighted by molar-refractivity contribution is -0.112. The maximum Gasteiger partial charge on any atom is 0.266 e. The molecule has 1 aromatic heterocycles. The van der Waals surface area contributed by atoms with Gasteiger partial charge >= 0.3 is 0 Å². The van der Waals surface area contributed by atoms with Gasteiger partial charge in [0, 0.05) is 9.90 Å². The number of hydrogen-bond donors (Lipinski definition) is 1. The molecule has 1 amide bonds. The number of benzene rings is 1. The van der Waals surface area contributed by atoms with E-state index in [-0.39, 0.29) is 5.57 Å². The van der Waals surface area contributed by atoms with E-state index in [1.165, 1.54) is 17.4 Å². The summed E-state index contributed by atoms with van der Waals surface area (Å²) >= 11 is 13.3. The molecule has 106 valence electrons. The van der Waals surface area contributed by atoms with Crippen molar-refractivity contribution < 1.29 is 4.79 Å². The van der Waals surface area contributed by atoms with Crippen molar-refractivity contribution >= 4 is 52.2 Å². The predicted molar refractivity (Wildman–Crippen MR) is 87.7 cm³/mol. The fraction of sp³-hybridized carbons (Fsp3) is 0.0667. The molecule has 0 aliphatic carbocycles. The van der Waals surface area contributed by atoms with Crippen LogP contribution in [0.3, 0.4) is 0 Å². The Hall–Kier alpha value is -1.80. The highest BCUT2D eigenvalue weighted by atomic mass is 35.5. The first kappa shape index (κ1) is 15.6. The molecule has 21 heavy (non-hydrogen) atoms. The summed E-state index contributed by atoms with van der Waals surface area (Å²) in [7, 11) is 0. The molecule has 2 aromatic rings. The summed E-state index contributed by atoms with van der Waals surface area (Å²) in [6.45, 7) is 1.92. The molecule has 0 unspecified atom stereocenters. The Morgan fingerprint density at radius 2 is 2.14 bits per heavy atom. The number of carbonyl (C=O) groups is 1. The molecule has 0 aliphatic rings. The van der Waals surface area contributed by atoms with Crippen LogP contribution in [0.4, 0.5) is 5.69 Å². The molecule has 0 atom stereocenters. The van der Waals surface area contributed by atoms with Crippen LogP contribution in [-0.2, 0) is 4.79 Å². The van der Waals surface area contributed by atoms with Gasteiger partial charge in [0.2, 0.25) is 0 Å². The molecule has 1 N–H and O–H groups in total. The molecule has 0 saturated heterocycles. The molecular weight excluding hydrogens is 327 g/mol. The van der Waals surface area contributed by atoms with Gasteiger partial charge in [-0.25, -0.2) is 0 Å². The SMILES string of the molecule is Cc1ccsc1/C=C(\C#N)C(=O)Nc1ccc(Cl)cc1Cl. The quantitative estimate of drug-likeness (QED) is 0.639. The van der Waals surface area contributed by atoms with Crippen LogP contribution in [0.1, 0.15) is 10.4 Å². The highest BCUT2D eigenvalue weighted by molar-refractivity contribution is 7.11. The van der Waals surface area contributed by atoms with Gasteiger partial charge in [0.1, 0.15) is 11.6 Å². The summed E-state index contributed by atoms with van der Waals surface area (Å²) in [4.78, 5) is 13.0. The molecule has 0 radical (unpaired) electrons. The fourth-order valence-corrected chi connectivity index (χ4v) is 2.91. The minimum Gasteiger partial charge on any atom is -0.320 e. The number of nitriles is 1. The minimum absolute atomic E-state index is 0.0200. The monoisotopic (exact) mass is 336 g/mol. The zero-order valence-electron chi connectivity index (χ0n) is 11.0. The van der Waals surface area contributed by atoms with Gasteiger partial charge in [-0.2, -0.15) is 5.26 Å². The molecule has 1 aromatic carbocycles. The zero-order chi connectivity index (χ0) is 15.4. The van der Waals surface area contributed by atoms with Crippen molar-refractivity contribution in [3.63, 3.8) is 0 Å². The number of anilines is 1. The van der Waals surface area contributed by atoms with E-state index < -0.39 is 5.91 Å². The molecule has 1 heterocycles. The summed E-state index contributed by atoms with van der Waals surface area (Å²) in [6.07, 6.45) is 1.57. The van der Waals surface area contributed by atoms with Gasteiger partial charge in [-0.15, -0.1) is 11.3 Å². The van der Waals surface area contributed by atoms with Gasteiger partial charge in [-0.1, -0.05) is 23.2 Å². The van der Waals surface area contributed by atoms with E-state index in [1.807, 2.05) is 24.4 Å². The summed E-state index contributed by atoms with van der Waals surface area (Å²) in [5.41, 5.74) is 1.45. The van der Waals surface area contributed by atoms with Crippen LogP contribution < -0.4 is 5.32 Å². The van der Waals surface area contributed by atoms with Gasteiger partial charge < -0.3 is 5.32 Å². The van der Waals surface area contributed by atoms with Crippen LogP contribution in [0.15, 0.2) is 35.2 Å². The first-order valence-electron chi connectivity index (χ1n) is 5.93. The Labute approximate surface area is 136 Å². The molecule has 0 saturated carbocycles. The average molecular weight is 337 g/mol. The lowest BCUT2D eigenvalue weighted by Crippen LogP contribution is -2.13. The van der Waals surface area contributed by atoms with Crippen molar-refractivity contribution in [2.24, 2.45) is 0 Å². The number of nitrogens with one attached hydrogen (secondary N) is 1. The summed E-state index contributed by atoms with van der Waals surface area (Å²) in [5, 5.41) is 14.5. The average Bonchev–Trinajstić information content (AvgIpc) is 2.84. The van der Waals surface area contributed by atoms with Gasteiger partial charge in [-0.3, -0.25) is 4.79 Å². The third kappa shape index (κ3) is 3.85. The molecular formula is C15H10Cl2N2OS. The molecule has 6 heteroatoms. The Bertz CT molecular complexity index is 759. The number of hydrogen-bond acceptors (Lipinski definition) is 3. The summed E-state index contributed by atoms with van der Waals surface area (Å²) < 4.78 is 0. The summed E-state index contributed by atoms with van der Waals surface area (Å²) in [6, 6.07) is 8.57. The molecule has 2 rings (SSSR count). The molecule has 0 bridgehead atoms. The number of aryl methyl sites for hydroxylation is 1. The summed E-state index contributed by atoms with van der Waals surface area (Å²) in [5.74, 6) is -0.505. The third-order valence-corrected chi connectivity index (χ3v) is 4.24. The number of halogens is 2. The van der Waals surface area contributed by atoms with Crippen molar-refractivity contribution in [1.29, 1.82) is 5.26 Å².